The van der Waals surface area contributed by atoms with Crippen molar-refractivity contribution < 1.29 is 0 Å². The molecule has 1 fully saturated rings. The van der Waals surface area contributed by atoms with Crippen molar-refractivity contribution in [3.05, 3.63) is 42.4 Å². The summed E-state index contributed by atoms with van der Waals surface area (Å²) in [6.45, 7) is 3.19. The van der Waals surface area contributed by atoms with E-state index in [-0.39, 0.29) is 0 Å². The number of hydrogen-bond acceptors (Lipinski definition) is 5. The van der Waals surface area contributed by atoms with Gasteiger partial charge in [0.1, 0.15) is 5.52 Å². The van der Waals surface area contributed by atoms with Crippen LogP contribution >= 0.6 is 0 Å². The van der Waals surface area contributed by atoms with Crippen molar-refractivity contribution in [3.8, 4) is 0 Å². The Morgan fingerprint density at radius 2 is 1.88 bits per heavy atom. The molecule has 5 rings (SSSR count). The highest BCUT2D eigenvalue weighted by Crippen LogP contribution is 2.32. The summed E-state index contributed by atoms with van der Waals surface area (Å²) in [5, 5.41) is 0. The highest BCUT2D eigenvalue weighted by molar-refractivity contribution is 5.70. The summed E-state index contributed by atoms with van der Waals surface area (Å²) in [5.74, 6) is 0.832. The second-order valence-electron chi connectivity index (χ2n) is 7.38. The topological polar surface area (TPSA) is 50.1 Å². The van der Waals surface area contributed by atoms with Crippen LogP contribution in [0.5, 0.6) is 0 Å². The first kappa shape index (κ1) is 15.6. The first-order valence-corrected chi connectivity index (χ1v) is 9.53. The van der Waals surface area contributed by atoms with E-state index in [2.05, 4.69) is 44.0 Å². The maximum Gasteiger partial charge on any atom is 0.227 e. The molecule has 2 aliphatic rings. The van der Waals surface area contributed by atoms with E-state index in [9.17, 15) is 0 Å². The first-order chi connectivity index (χ1) is 12.8. The number of benzene rings is 1. The van der Waals surface area contributed by atoms with E-state index >= 15 is 0 Å². The van der Waals surface area contributed by atoms with Crippen LogP contribution in [0, 0.1) is 0 Å². The maximum absolute atomic E-state index is 4.73. The van der Waals surface area contributed by atoms with Gasteiger partial charge in [0.15, 0.2) is 5.65 Å². The summed E-state index contributed by atoms with van der Waals surface area (Å²) in [5.41, 5.74) is 4.72. The van der Waals surface area contributed by atoms with Gasteiger partial charge in [0.25, 0.3) is 0 Å². The molecule has 0 radical (unpaired) electrons. The van der Waals surface area contributed by atoms with Crippen LogP contribution < -0.4 is 9.80 Å². The molecule has 3 aromatic rings. The van der Waals surface area contributed by atoms with E-state index in [1.54, 1.807) is 6.33 Å². The fourth-order valence-electron chi connectivity index (χ4n) is 4.38. The van der Waals surface area contributed by atoms with Gasteiger partial charge in [-0.05, 0) is 37.3 Å². The number of aromatic nitrogens is 4. The normalized spacial score (nSPS) is 18.3. The lowest BCUT2D eigenvalue weighted by molar-refractivity contribution is 0.451. The zero-order chi connectivity index (χ0) is 17.5. The smallest absolute Gasteiger partial charge is 0.227 e. The fourth-order valence-corrected chi connectivity index (χ4v) is 4.38. The maximum atomic E-state index is 4.73. The molecule has 0 bridgehead atoms. The van der Waals surface area contributed by atoms with Crippen LogP contribution in [-0.2, 0) is 13.5 Å². The number of rotatable bonds is 2. The molecular formula is C20H24N6. The van der Waals surface area contributed by atoms with Crippen molar-refractivity contribution in [3.63, 3.8) is 0 Å². The minimum Gasteiger partial charge on any atom is -0.368 e. The highest BCUT2D eigenvalue weighted by atomic mass is 15.3. The van der Waals surface area contributed by atoms with E-state index < -0.39 is 0 Å². The molecular weight excluding hydrogens is 324 g/mol. The summed E-state index contributed by atoms with van der Waals surface area (Å²) < 4.78 is 1.96. The average Bonchev–Trinajstić information content (AvgIpc) is 3.08. The van der Waals surface area contributed by atoms with Crippen molar-refractivity contribution in [1.82, 2.24) is 19.5 Å². The van der Waals surface area contributed by atoms with Gasteiger partial charge in [-0.3, -0.25) is 0 Å². The monoisotopic (exact) mass is 348 g/mol. The number of piperidine rings is 1. The Balaban J connectivity index is 1.32. The lowest BCUT2D eigenvalue weighted by Crippen LogP contribution is -2.47. The molecule has 0 aliphatic carbocycles. The molecule has 2 aliphatic heterocycles. The Hall–Kier alpha value is -2.63. The van der Waals surface area contributed by atoms with Crippen LogP contribution in [0.1, 0.15) is 24.8 Å². The molecule has 0 amide bonds. The molecule has 0 atom stereocenters. The van der Waals surface area contributed by atoms with Crippen LogP contribution in [0.25, 0.3) is 11.2 Å². The standard InChI is InChI=1S/C20H24N6/c1-24-14-22-17-13-21-20(23-19(17)24)25-11-8-16(9-12-25)26-10-4-6-15-5-2-3-7-18(15)26/h2-3,5,7,13-14,16H,4,6,8-12H2,1H3. The minimum absolute atomic E-state index is 0.619. The van der Waals surface area contributed by atoms with E-state index in [0.717, 1.165) is 43.0 Å². The highest BCUT2D eigenvalue weighted by Gasteiger charge is 2.28. The summed E-state index contributed by atoms with van der Waals surface area (Å²) in [6.07, 6.45) is 8.41. The zero-order valence-electron chi connectivity index (χ0n) is 15.2. The third kappa shape index (κ3) is 2.60. The van der Waals surface area contributed by atoms with Crippen LogP contribution in [0.15, 0.2) is 36.8 Å². The van der Waals surface area contributed by atoms with Crippen LogP contribution in [0.4, 0.5) is 11.6 Å². The van der Waals surface area contributed by atoms with Crippen molar-refractivity contribution in [2.24, 2.45) is 7.05 Å². The molecule has 0 saturated carbocycles. The molecule has 2 aromatic heterocycles. The number of fused-ring (bicyclic) bond motifs is 2. The molecule has 0 N–H and O–H groups in total. The van der Waals surface area contributed by atoms with Crippen molar-refractivity contribution >= 4 is 22.8 Å². The lowest BCUT2D eigenvalue weighted by atomic mass is 9.96. The number of imidazole rings is 1. The zero-order valence-corrected chi connectivity index (χ0v) is 15.2. The predicted molar refractivity (Wildman–Crippen MR) is 104 cm³/mol. The van der Waals surface area contributed by atoms with Gasteiger partial charge in [-0.15, -0.1) is 0 Å². The number of aryl methyl sites for hydroxylation is 2. The Morgan fingerprint density at radius 3 is 2.77 bits per heavy atom. The predicted octanol–water partition coefficient (Wildman–Crippen LogP) is 2.78. The Morgan fingerprint density at radius 1 is 1.04 bits per heavy atom. The SMILES string of the molecule is Cn1cnc2cnc(N3CCC(N4CCCc5ccccc54)CC3)nc21. The minimum atomic E-state index is 0.619. The quantitative estimate of drug-likeness (QED) is 0.713. The molecule has 6 nitrogen and oxygen atoms in total. The number of nitrogens with zero attached hydrogens (tertiary/aromatic N) is 6. The van der Waals surface area contributed by atoms with Gasteiger partial charge in [0, 0.05) is 38.4 Å². The van der Waals surface area contributed by atoms with Gasteiger partial charge in [0.05, 0.1) is 12.5 Å². The third-order valence-corrected chi connectivity index (χ3v) is 5.78. The summed E-state index contributed by atoms with van der Waals surface area (Å²) in [6, 6.07) is 9.53. The van der Waals surface area contributed by atoms with Crippen molar-refractivity contribution in [1.29, 1.82) is 0 Å². The van der Waals surface area contributed by atoms with Gasteiger partial charge in [-0.2, -0.15) is 4.98 Å². The average molecular weight is 348 g/mol. The van der Waals surface area contributed by atoms with Crippen LogP contribution in [-0.4, -0.2) is 45.2 Å². The molecule has 26 heavy (non-hydrogen) atoms. The lowest BCUT2D eigenvalue weighted by Gasteiger charge is -2.42. The molecule has 0 unspecified atom stereocenters. The number of hydrogen-bond donors (Lipinski definition) is 0. The number of anilines is 2. The molecule has 134 valence electrons. The Kier molecular flexibility index (Phi) is 3.76. The molecule has 4 heterocycles. The largest absolute Gasteiger partial charge is 0.368 e. The summed E-state index contributed by atoms with van der Waals surface area (Å²) >= 11 is 0. The van der Waals surface area contributed by atoms with Gasteiger partial charge in [-0.1, -0.05) is 18.2 Å². The van der Waals surface area contributed by atoms with E-state index in [4.69, 9.17) is 4.98 Å². The third-order valence-electron chi connectivity index (χ3n) is 5.78. The van der Waals surface area contributed by atoms with Crippen molar-refractivity contribution in [2.75, 3.05) is 29.4 Å². The van der Waals surface area contributed by atoms with Gasteiger partial charge in [0.2, 0.25) is 5.95 Å². The van der Waals surface area contributed by atoms with Crippen LogP contribution in [0.2, 0.25) is 0 Å². The van der Waals surface area contributed by atoms with E-state index in [1.165, 1.54) is 30.6 Å². The Labute approximate surface area is 153 Å². The van der Waals surface area contributed by atoms with Crippen molar-refractivity contribution in [2.45, 2.75) is 31.7 Å². The summed E-state index contributed by atoms with van der Waals surface area (Å²) in [4.78, 5) is 18.5. The molecule has 1 aromatic carbocycles. The number of para-hydroxylation sites is 1. The molecule has 1 saturated heterocycles. The second kappa shape index (κ2) is 6.27. The van der Waals surface area contributed by atoms with Gasteiger partial charge in [-0.25, -0.2) is 9.97 Å². The second-order valence-corrected chi connectivity index (χ2v) is 7.38. The molecule has 6 heteroatoms. The van der Waals surface area contributed by atoms with Gasteiger partial charge >= 0.3 is 0 Å². The van der Waals surface area contributed by atoms with E-state index in [0.29, 0.717) is 6.04 Å². The van der Waals surface area contributed by atoms with Crippen LogP contribution in [0.3, 0.4) is 0 Å². The molecule has 0 spiro atoms. The first-order valence-electron chi connectivity index (χ1n) is 9.53. The Bertz CT molecular complexity index is 925. The summed E-state index contributed by atoms with van der Waals surface area (Å²) in [7, 11) is 1.98. The van der Waals surface area contributed by atoms with Gasteiger partial charge < -0.3 is 14.4 Å². The van der Waals surface area contributed by atoms with E-state index in [1.807, 2.05) is 17.8 Å². The fraction of sp³-hybridized carbons (Fsp3) is 0.450.